The van der Waals surface area contributed by atoms with E-state index in [4.69, 9.17) is 5.73 Å². The highest BCUT2D eigenvalue weighted by Crippen LogP contribution is 2.24. The Labute approximate surface area is 87.9 Å². The average Bonchev–Trinajstić information content (AvgIpc) is 2.23. The molecule has 2 aromatic rings. The van der Waals surface area contributed by atoms with Crippen molar-refractivity contribution in [2.24, 2.45) is 0 Å². The van der Waals surface area contributed by atoms with E-state index >= 15 is 0 Å². The lowest BCUT2D eigenvalue weighted by Gasteiger charge is -2.09. The van der Waals surface area contributed by atoms with Crippen LogP contribution in [-0.4, -0.2) is 6.54 Å². The molecule has 0 bridgehead atoms. The van der Waals surface area contributed by atoms with Gasteiger partial charge in [0.05, 0.1) is 5.39 Å². The SMILES string of the molecule is CCNc1ccc(N)c2ccc[n+]([O-])c12. The van der Waals surface area contributed by atoms with Crippen LogP contribution in [0.1, 0.15) is 6.92 Å². The Morgan fingerprint density at radius 3 is 2.93 bits per heavy atom. The first-order valence-electron chi connectivity index (χ1n) is 4.88. The summed E-state index contributed by atoms with van der Waals surface area (Å²) in [5.41, 5.74) is 7.85. The molecule has 0 saturated carbocycles. The van der Waals surface area contributed by atoms with Crippen molar-refractivity contribution in [2.45, 2.75) is 6.92 Å². The summed E-state index contributed by atoms with van der Waals surface area (Å²) in [5.74, 6) is 0. The van der Waals surface area contributed by atoms with E-state index in [9.17, 15) is 5.21 Å². The molecule has 0 aliphatic carbocycles. The number of nitrogens with two attached hydrogens (primary N) is 1. The number of hydrogen-bond acceptors (Lipinski definition) is 3. The van der Waals surface area contributed by atoms with Crippen molar-refractivity contribution in [3.8, 4) is 0 Å². The van der Waals surface area contributed by atoms with E-state index in [0.717, 1.165) is 22.3 Å². The number of nitrogen functional groups attached to an aromatic ring is 1. The Balaban J connectivity index is 2.78. The van der Waals surface area contributed by atoms with Gasteiger partial charge in [0.2, 0.25) is 5.52 Å². The van der Waals surface area contributed by atoms with Crippen molar-refractivity contribution >= 4 is 22.3 Å². The summed E-state index contributed by atoms with van der Waals surface area (Å²) in [6.45, 7) is 2.76. The summed E-state index contributed by atoms with van der Waals surface area (Å²) in [6, 6.07) is 7.18. The number of aromatic nitrogens is 1. The Kier molecular flexibility index (Phi) is 2.33. The van der Waals surface area contributed by atoms with Gasteiger partial charge in [0.15, 0.2) is 6.20 Å². The lowest BCUT2D eigenvalue weighted by Crippen LogP contribution is -2.27. The molecule has 3 N–H and O–H groups in total. The Bertz CT molecular complexity index is 496. The van der Waals surface area contributed by atoms with Crippen molar-refractivity contribution in [2.75, 3.05) is 17.6 Å². The summed E-state index contributed by atoms with van der Waals surface area (Å²) in [4.78, 5) is 0. The van der Waals surface area contributed by atoms with Gasteiger partial charge in [0.25, 0.3) is 0 Å². The standard InChI is InChI=1S/C11H13N3O/c1-2-13-10-6-5-9(12)8-4-3-7-14(15)11(8)10/h3-7,13H,2,12H2,1H3. The van der Waals surface area contributed by atoms with Crippen LogP contribution >= 0.6 is 0 Å². The van der Waals surface area contributed by atoms with Crippen molar-refractivity contribution < 1.29 is 4.73 Å². The van der Waals surface area contributed by atoms with Gasteiger partial charge in [-0.3, -0.25) is 0 Å². The Morgan fingerprint density at radius 1 is 1.40 bits per heavy atom. The van der Waals surface area contributed by atoms with Gasteiger partial charge in [-0.1, -0.05) is 0 Å². The molecule has 4 nitrogen and oxygen atoms in total. The molecule has 1 heterocycles. The van der Waals surface area contributed by atoms with E-state index in [2.05, 4.69) is 5.32 Å². The maximum atomic E-state index is 11.6. The monoisotopic (exact) mass is 203 g/mol. The molecule has 78 valence electrons. The van der Waals surface area contributed by atoms with Crippen LogP contribution in [-0.2, 0) is 0 Å². The van der Waals surface area contributed by atoms with Gasteiger partial charge in [-0.25, -0.2) is 0 Å². The minimum Gasteiger partial charge on any atom is -0.618 e. The van der Waals surface area contributed by atoms with Crippen LogP contribution < -0.4 is 15.8 Å². The fourth-order valence-electron chi connectivity index (χ4n) is 1.66. The first-order valence-corrected chi connectivity index (χ1v) is 4.88. The molecule has 0 fully saturated rings. The predicted molar refractivity (Wildman–Crippen MR) is 61.5 cm³/mol. The number of hydrogen-bond donors (Lipinski definition) is 2. The molecule has 0 atom stereocenters. The van der Waals surface area contributed by atoms with E-state index < -0.39 is 0 Å². The number of nitrogens with zero attached hydrogens (tertiary/aromatic N) is 1. The fourth-order valence-corrected chi connectivity index (χ4v) is 1.66. The highest BCUT2D eigenvalue weighted by molar-refractivity contribution is 5.96. The zero-order valence-electron chi connectivity index (χ0n) is 8.53. The summed E-state index contributed by atoms with van der Waals surface area (Å²) in [5, 5.41) is 15.6. The van der Waals surface area contributed by atoms with Crippen LogP contribution in [0.4, 0.5) is 11.4 Å². The number of rotatable bonds is 2. The van der Waals surface area contributed by atoms with Gasteiger partial charge < -0.3 is 16.3 Å². The second kappa shape index (κ2) is 3.65. The lowest BCUT2D eigenvalue weighted by atomic mass is 10.1. The molecule has 0 unspecified atom stereocenters. The second-order valence-corrected chi connectivity index (χ2v) is 3.33. The molecule has 4 heteroatoms. The van der Waals surface area contributed by atoms with Gasteiger partial charge in [-0.2, -0.15) is 4.73 Å². The molecule has 0 spiro atoms. The molecule has 1 aromatic carbocycles. The summed E-state index contributed by atoms with van der Waals surface area (Å²) < 4.78 is 0.837. The van der Waals surface area contributed by atoms with E-state index in [1.807, 2.05) is 19.1 Å². The average molecular weight is 203 g/mol. The molecule has 0 saturated heterocycles. The van der Waals surface area contributed by atoms with E-state index in [1.54, 1.807) is 12.1 Å². The van der Waals surface area contributed by atoms with Crippen LogP contribution in [0.25, 0.3) is 10.9 Å². The molecule has 0 radical (unpaired) electrons. The number of benzene rings is 1. The van der Waals surface area contributed by atoms with Gasteiger partial charge in [0, 0.05) is 18.3 Å². The quantitative estimate of drug-likeness (QED) is 0.441. The number of anilines is 2. The number of fused-ring (bicyclic) bond motifs is 1. The number of pyridine rings is 1. The molecule has 0 aliphatic rings. The second-order valence-electron chi connectivity index (χ2n) is 3.33. The zero-order valence-corrected chi connectivity index (χ0v) is 8.53. The normalized spacial score (nSPS) is 10.5. The fraction of sp³-hybridized carbons (Fsp3) is 0.182. The highest BCUT2D eigenvalue weighted by Gasteiger charge is 2.11. The van der Waals surface area contributed by atoms with Crippen LogP contribution in [0.15, 0.2) is 30.5 Å². The molecule has 2 rings (SSSR count). The molecular weight excluding hydrogens is 190 g/mol. The maximum Gasteiger partial charge on any atom is 0.249 e. The van der Waals surface area contributed by atoms with E-state index in [-0.39, 0.29) is 0 Å². The Morgan fingerprint density at radius 2 is 2.20 bits per heavy atom. The molecule has 15 heavy (non-hydrogen) atoms. The lowest BCUT2D eigenvalue weighted by molar-refractivity contribution is -0.576. The van der Waals surface area contributed by atoms with E-state index in [0.29, 0.717) is 11.2 Å². The largest absolute Gasteiger partial charge is 0.618 e. The maximum absolute atomic E-state index is 11.6. The third kappa shape index (κ3) is 1.54. The van der Waals surface area contributed by atoms with E-state index in [1.165, 1.54) is 6.20 Å². The van der Waals surface area contributed by atoms with Crippen LogP contribution in [0.5, 0.6) is 0 Å². The Hall–Kier alpha value is -1.97. The number of nitrogens with one attached hydrogen (secondary N) is 1. The molecular formula is C11H13N3O. The summed E-state index contributed by atoms with van der Waals surface area (Å²) in [7, 11) is 0. The predicted octanol–water partition coefficient (Wildman–Crippen LogP) is 1.49. The third-order valence-corrected chi connectivity index (χ3v) is 2.32. The molecule has 0 amide bonds. The minimum absolute atomic E-state index is 0.597. The van der Waals surface area contributed by atoms with Crippen LogP contribution in [0.3, 0.4) is 0 Å². The molecule has 1 aromatic heterocycles. The van der Waals surface area contributed by atoms with Gasteiger partial charge in [-0.15, -0.1) is 0 Å². The van der Waals surface area contributed by atoms with Crippen molar-refractivity contribution in [1.82, 2.24) is 0 Å². The highest BCUT2D eigenvalue weighted by atomic mass is 16.5. The van der Waals surface area contributed by atoms with Crippen molar-refractivity contribution in [1.29, 1.82) is 0 Å². The first kappa shape index (κ1) is 9.58. The van der Waals surface area contributed by atoms with Crippen molar-refractivity contribution in [3.63, 3.8) is 0 Å². The topological polar surface area (TPSA) is 65.0 Å². The third-order valence-electron chi connectivity index (χ3n) is 2.32. The first-order chi connectivity index (χ1) is 7.24. The summed E-state index contributed by atoms with van der Waals surface area (Å²) >= 11 is 0. The van der Waals surface area contributed by atoms with Crippen LogP contribution in [0, 0.1) is 5.21 Å². The zero-order chi connectivity index (χ0) is 10.8. The van der Waals surface area contributed by atoms with Gasteiger partial charge >= 0.3 is 0 Å². The van der Waals surface area contributed by atoms with Gasteiger partial charge in [0.1, 0.15) is 5.69 Å². The van der Waals surface area contributed by atoms with Crippen molar-refractivity contribution in [3.05, 3.63) is 35.7 Å². The smallest absolute Gasteiger partial charge is 0.249 e. The summed E-state index contributed by atoms with van der Waals surface area (Å²) in [6.07, 6.45) is 1.47. The van der Waals surface area contributed by atoms with Crippen LogP contribution in [0.2, 0.25) is 0 Å². The van der Waals surface area contributed by atoms with Gasteiger partial charge in [-0.05, 0) is 25.1 Å². The minimum atomic E-state index is 0.597. The molecule has 0 aliphatic heterocycles.